The third-order valence-electron chi connectivity index (χ3n) is 7.48. The number of carbonyl (C=O) groups excluding carboxylic acids is 1. The van der Waals surface area contributed by atoms with E-state index in [0.29, 0.717) is 0 Å². The molecule has 7 saturated carbocycles. The summed E-state index contributed by atoms with van der Waals surface area (Å²) in [6.07, 6.45) is 8.69. The van der Waals surface area contributed by atoms with Crippen molar-refractivity contribution < 1.29 is 4.79 Å². The van der Waals surface area contributed by atoms with Crippen LogP contribution in [0, 0.1) is 41.4 Å². The molecule has 2 heteroatoms. The molecule has 8 atom stereocenters. The van der Waals surface area contributed by atoms with Gasteiger partial charge < -0.3 is 5.32 Å². The Balaban J connectivity index is 1.65. The molecular weight excluding hydrogens is 222 g/mol. The van der Waals surface area contributed by atoms with Gasteiger partial charge in [-0.25, -0.2) is 0 Å². The molecule has 18 heavy (non-hydrogen) atoms. The molecule has 7 aliphatic rings. The first-order chi connectivity index (χ1) is 8.67. The van der Waals surface area contributed by atoms with E-state index in [0.717, 1.165) is 41.4 Å². The van der Waals surface area contributed by atoms with E-state index in [1.165, 1.54) is 38.5 Å². The lowest BCUT2D eigenvalue weighted by Gasteiger charge is -2.74. The fourth-order valence-corrected chi connectivity index (χ4v) is 7.52. The second-order valence-corrected chi connectivity index (χ2v) is 8.04. The maximum absolute atomic E-state index is 11.7. The van der Waals surface area contributed by atoms with Gasteiger partial charge in [-0.15, -0.1) is 0 Å². The minimum absolute atomic E-state index is 0.225. The van der Waals surface area contributed by atoms with E-state index in [-0.39, 0.29) is 11.4 Å². The Morgan fingerprint density at radius 1 is 0.944 bits per heavy atom. The highest BCUT2D eigenvalue weighted by Gasteiger charge is 2.70. The van der Waals surface area contributed by atoms with E-state index < -0.39 is 0 Å². The molecule has 7 aliphatic carbocycles. The van der Waals surface area contributed by atoms with Gasteiger partial charge in [0.25, 0.3) is 0 Å². The predicted molar refractivity (Wildman–Crippen MR) is 68.7 cm³/mol. The Morgan fingerprint density at radius 2 is 1.56 bits per heavy atom. The van der Waals surface area contributed by atoms with Crippen molar-refractivity contribution >= 4 is 5.91 Å². The topological polar surface area (TPSA) is 29.1 Å². The van der Waals surface area contributed by atoms with Crippen LogP contribution in [0.25, 0.3) is 0 Å². The van der Waals surface area contributed by atoms with Crippen LogP contribution in [-0.4, -0.2) is 11.4 Å². The van der Waals surface area contributed by atoms with E-state index in [4.69, 9.17) is 0 Å². The lowest BCUT2D eigenvalue weighted by molar-refractivity contribution is -0.225. The van der Waals surface area contributed by atoms with Crippen molar-refractivity contribution in [2.45, 2.75) is 51.0 Å². The largest absolute Gasteiger partial charge is 0.350 e. The zero-order chi connectivity index (χ0) is 12.1. The number of hydrogen-bond acceptors (Lipinski definition) is 1. The number of carbonyl (C=O) groups is 1. The van der Waals surface area contributed by atoms with E-state index in [1.807, 2.05) is 0 Å². The van der Waals surface area contributed by atoms with Crippen LogP contribution in [0.3, 0.4) is 0 Å². The molecule has 4 unspecified atom stereocenters. The van der Waals surface area contributed by atoms with Crippen molar-refractivity contribution in [1.29, 1.82) is 0 Å². The summed E-state index contributed by atoms with van der Waals surface area (Å²) < 4.78 is 0. The van der Waals surface area contributed by atoms with Gasteiger partial charge in [-0.2, -0.15) is 0 Å². The average molecular weight is 245 g/mol. The average Bonchev–Trinajstić information content (AvgIpc) is 2.34. The van der Waals surface area contributed by atoms with E-state index in [2.05, 4.69) is 5.32 Å². The lowest BCUT2D eigenvalue weighted by Crippen LogP contribution is -2.76. The lowest BCUT2D eigenvalue weighted by atomic mass is 9.33. The van der Waals surface area contributed by atoms with Gasteiger partial charge in [0.05, 0.1) is 0 Å². The van der Waals surface area contributed by atoms with Gasteiger partial charge in [0.1, 0.15) is 0 Å². The molecule has 7 rings (SSSR count). The standard InChI is InChI=1S/C16H23NO/c1-8(18)17-16-7-10-3-12-11-2-9(5-14(12)16)6-15(16)13(11)4-10/h9-15H,2-7H2,1H3,(H,17,18)/t9?,10?,11?,12-,13+,14-,15-,16?/m0/s1. The normalized spacial score (nSPS) is 62.4. The summed E-state index contributed by atoms with van der Waals surface area (Å²) in [7, 11) is 0. The van der Waals surface area contributed by atoms with Gasteiger partial charge in [0.15, 0.2) is 0 Å². The van der Waals surface area contributed by atoms with Gasteiger partial charge in [0.2, 0.25) is 5.91 Å². The number of hydrogen-bond donors (Lipinski definition) is 1. The van der Waals surface area contributed by atoms with Gasteiger partial charge in [-0.05, 0) is 80.0 Å². The molecular formula is C16H23NO. The van der Waals surface area contributed by atoms with Crippen LogP contribution in [0.5, 0.6) is 0 Å². The van der Waals surface area contributed by atoms with E-state index in [9.17, 15) is 4.79 Å². The molecule has 98 valence electrons. The zero-order valence-electron chi connectivity index (χ0n) is 11.2. The Kier molecular flexibility index (Phi) is 1.69. The van der Waals surface area contributed by atoms with Crippen LogP contribution in [0.1, 0.15) is 45.4 Å². The smallest absolute Gasteiger partial charge is 0.217 e. The molecule has 7 fully saturated rings. The predicted octanol–water partition coefficient (Wildman–Crippen LogP) is 2.58. The van der Waals surface area contributed by atoms with Crippen LogP contribution in [-0.2, 0) is 4.79 Å². The first-order valence-electron chi connectivity index (χ1n) is 7.96. The maximum Gasteiger partial charge on any atom is 0.217 e. The highest BCUT2D eigenvalue weighted by atomic mass is 16.1. The monoisotopic (exact) mass is 245 g/mol. The van der Waals surface area contributed by atoms with Gasteiger partial charge >= 0.3 is 0 Å². The first-order valence-corrected chi connectivity index (χ1v) is 7.96. The summed E-state index contributed by atoms with van der Waals surface area (Å²) in [5.41, 5.74) is 0.246. The summed E-state index contributed by atoms with van der Waals surface area (Å²) in [4.78, 5) is 11.7. The van der Waals surface area contributed by atoms with Crippen molar-refractivity contribution in [3.05, 3.63) is 0 Å². The molecule has 8 bridgehead atoms. The molecule has 0 aliphatic heterocycles. The summed E-state index contributed by atoms with van der Waals surface area (Å²) in [6, 6.07) is 0. The van der Waals surface area contributed by atoms with Crippen molar-refractivity contribution in [2.75, 3.05) is 0 Å². The highest BCUT2D eigenvalue weighted by molar-refractivity contribution is 5.74. The SMILES string of the molecule is CC(=O)NC12CC3C[C@@H]4C5CC(C[C@@H]41)C[C@H]2[C@H]5C3. The zero-order valence-corrected chi connectivity index (χ0v) is 11.2. The van der Waals surface area contributed by atoms with E-state index in [1.54, 1.807) is 6.92 Å². The second kappa shape index (κ2) is 2.96. The molecule has 0 spiro atoms. The molecule has 0 aromatic heterocycles. The third-order valence-corrected chi connectivity index (χ3v) is 7.48. The molecule has 0 aromatic rings. The second-order valence-electron chi connectivity index (χ2n) is 8.04. The van der Waals surface area contributed by atoms with Crippen LogP contribution >= 0.6 is 0 Å². The van der Waals surface area contributed by atoms with Crippen molar-refractivity contribution in [3.63, 3.8) is 0 Å². The van der Waals surface area contributed by atoms with Gasteiger partial charge in [0, 0.05) is 12.5 Å². The maximum atomic E-state index is 11.7. The van der Waals surface area contributed by atoms with E-state index >= 15 is 0 Å². The number of nitrogens with one attached hydrogen (secondary N) is 1. The first kappa shape index (κ1) is 10.3. The minimum Gasteiger partial charge on any atom is -0.350 e. The van der Waals surface area contributed by atoms with Crippen LogP contribution in [0.2, 0.25) is 0 Å². The van der Waals surface area contributed by atoms with Crippen molar-refractivity contribution in [1.82, 2.24) is 5.32 Å². The summed E-state index contributed by atoms with van der Waals surface area (Å²) in [6.45, 7) is 1.73. The van der Waals surface area contributed by atoms with Crippen LogP contribution in [0.4, 0.5) is 0 Å². The molecule has 1 N–H and O–H groups in total. The Labute approximate surface area is 109 Å². The number of amides is 1. The molecule has 2 nitrogen and oxygen atoms in total. The molecule has 0 heterocycles. The summed E-state index contributed by atoms with van der Waals surface area (Å²) in [5, 5.41) is 3.49. The van der Waals surface area contributed by atoms with Crippen LogP contribution in [0.15, 0.2) is 0 Å². The van der Waals surface area contributed by atoms with Gasteiger partial charge in [-0.1, -0.05) is 0 Å². The Hall–Kier alpha value is -0.530. The summed E-state index contributed by atoms with van der Waals surface area (Å²) >= 11 is 0. The summed E-state index contributed by atoms with van der Waals surface area (Å²) in [5.74, 6) is 6.85. The quantitative estimate of drug-likeness (QED) is 0.756. The fourth-order valence-electron chi connectivity index (χ4n) is 7.52. The molecule has 0 radical (unpaired) electrons. The van der Waals surface area contributed by atoms with Gasteiger partial charge in [-0.3, -0.25) is 4.79 Å². The van der Waals surface area contributed by atoms with Crippen molar-refractivity contribution in [2.24, 2.45) is 41.4 Å². The molecule has 1 amide bonds. The highest BCUT2D eigenvalue weighted by Crippen LogP contribution is 2.72. The fraction of sp³-hybridized carbons (Fsp3) is 0.938. The Morgan fingerprint density at radius 3 is 2.17 bits per heavy atom. The van der Waals surface area contributed by atoms with Crippen LogP contribution < -0.4 is 5.32 Å². The Bertz CT molecular complexity index is 407. The molecule has 0 aromatic carbocycles. The minimum atomic E-state index is 0.225. The number of rotatable bonds is 1. The van der Waals surface area contributed by atoms with Crippen molar-refractivity contribution in [3.8, 4) is 0 Å². The molecule has 0 saturated heterocycles. The third kappa shape index (κ3) is 0.981.